The maximum Gasteiger partial charge on any atom is 0.169 e. The van der Waals surface area contributed by atoms with Crippen LogP contribution in [0.15, 0.2) is 34.3 Å². The highest BCUT2D eigenvalue weighted by molar-refractivity contribution is 5.50. The third-order valence-corrected chi connectivity index (χ3v) is 3.30. The summed E-state index contributed by atoms with van der Waals surface area (Å²) in [6.45, 7) is 1.39. The molecule has 2 aliphatic rings. The van der Waals surface area contributed by atoms with Crippen LogP contribution in [0.1, 0.15) is 11.1 Å². The summed E-state index contributed by atoms with van der Waals surface area (Å²) in [5, 5.41) is 0. The minimum Gasteiger partial charge on any atom is -0.481 e. The van der Waals surface area contributed by atoms with E-state index < -0.39 is 0 Å². The van der Waals surface area contributed by atoms with Crippen molar-refractivity contribution in [3.63, 3.8) is 0 Å². The fraction of sp³-hybridized carbons (Fsp3) is 0.429. The Morgan fingerprint density at radius 3 is 1.78 bits per heavy atom. The largest absolute Gasteiger partial charge is 0.481 e. The van der Waals surface area contributed by atoms with Gasteiger partial charge in [0.25, 0.3) is 0 Å². The standard InChI is InChI=1S/C14H16N2O2/c1-2-4-12(6-14-8-18-10-16-14)11(3-1)5-13-7-17-9-15-13/h1-4,9-10,13-14H,5-8H2. The predicted octanol–water partition coefficient (Wildman–Crippen LogP) is 1.63. The fourth-order valence-corrected chi connectivity index (χ4v) is 2.34. The number of aliphatic imine (C=N–C) groups is 2. The summed E-state index contributed by atoms with van der Waals surface area (Å²) in [4.78, 5) is 8.60. The average molecular weight is 244 g/mol. The molecule has 0 radical (unpaired) electrons. The van der Waals surface area contributed by atoms with E-state index in [-0.39, 0.29) is 12.1 Å². The number of ether oxygens (including phenoxy) is 2. The molecule has 0 bridgehead atoms. The first-order valence-corrected chi connectivity index (χ1v) is 6.25. The van der Waals surface area contributed by atoms with Gasteiger partial charge in [-0.05, 0) is 24.0 Å². The molecule has 1 aromatic carbocycles. The molecule has 0 saturated carbocycles. The second-order valence-electron chi connectivity index (χ2n) is 4.66. The molecule has 0 spiro atoms. The molecule has 0 saturated heterocycles. The summed E-state index contributed by atoms with van der Waals surface area (Å²) in [6, 6.07) is 9.01. The second kappa shape index (κ2) is 5.21. The van der Waals surface area contributed by atoms with Crippen molar-refractivity contribution in [3.05, 3.63) is 35.4 Å². The van der Waals surface area contributed by atoms with Gasteiger partial charge in [0.1, 0.15) is 13.2 Å². The third kappa shape index (κ3) is 2.53. The smallest absolute Gasteiger partial charge is 0.169 e. The zero-order chi connectivity index (χ0) is 12.2. The first-order chi connectivity index (χ1) is 8.92. The van der Waals surface area contributed by atoms with Gasteiger partial charge in [0.15, 0.2) is 12.8 Å². The lowest BCUT2D eigenvalue weighted by Crippen LogP contribution is -2.15. The van der Waals surface area contributed by atoms with Crippen molar-refractivity contribution in [1.29, 1.82) is 0 Å². The minimum atomic E-state index is 0.259. The molecule has 0 aliphatic carbocycles. The van der Waals surface area contributed by atoms with E-state index in [0.29, 0.717) is 13.2 Å². The van der Waals surface area contributed by atoms with Crippen LogP contribution in [0.5, 0.6) is 0 Å². The lowest BCUT2D eigenvalue weighted by molar-refractivity contribution is 0.324. The van der Waals surface area contributed by atoms with Crippen LogP contribution in [0.2, 0.25) is 0 Å². The van der Waals surface area contributed by atoms with Crippen molar-refractivity contribution in [1.82, 2.24) is 0 Å². The molecule has 4 nitrogen and oxygen atoms in total. The maximum atomic E-state index is 5.17. The molecular weight excluding hydrogens is 228 g/mol. The van der Waals surface area contributed by atoms with E-state index in [2.05, 4.69) is 34.3 Å². The van der Waals surface area contributed by atoms with Crippen LogP contribution >= 0.6 is 0 Å². The average Bonchev–Trinajstić information content (AvgIpc) is 3.05. The van der Waals surface area contributed by atoms with Gasteiger partial charge < -0.3 is 9.47 Å². The van der Waals surface area contributed by atoms with E-state index in [1.165, 1.54) is 11.1 Å². The zero-order valence-electron chi connectivity index (χ0n) is 10.2. The molecule has 0 aromatic heterocycles. The Kier molecular flexibility index (Phi) is 3.26. The summed E-state index contributed by atoms with van der Waals surface area (Å²) in [5.41, 5.74) is 2.68. The Balaban J connectivity index is 1.71. The molecule has 1 aromatic rings. The highest BCUT2D eigenvalue weighted by Gasteiger charge is 2.17. The SMILES string of the molecule is C1=NC(Cc2ccccc2CC2COC=N2)CO1. The van der Waals surface area contributed by atoms with Crippen LogP contribution in [0.4, 0.5) is 0 Å². The van der Waals surface area contributed by atoms with Crippen molar-refractivity contribution >= 4 is 12.8 Å². The number of hydrogen-bond acceptors (Lipinski definition) is 4. The summed E-state index contributed by atoms with van der Waals surface area (Å²) in [5.74, 6) is 0. The fourth-order valence-electron chi connectivity index (χ4n) is 2.34. The number of benzene rings is 1. The van der Waals surface area contributed by atoms with Crippen molar-refractivity contribution in [2.75, 3.05) is 13.2 Å². The summed E-state index contributed by atoms with van der Waals surface area (Å²) in [6.07, 6.45) is 4.98. The second-order valence-corrected chi connectivity index (χ2v) is 4.66. The zero-order valence-corrected chi connectivity index (χ0v) is 10.2. The van der Waals surface area contributed by atoms with Crippen molar-refractivity contribution in [3.8, 4) is 0 Å². The molecule has 2 heterocycles. The molecular formula is C14H16N2O2. The van der Waals surface area contributed by atoms with Crippen molar-refractivity contribution in [2.45, 2.75) is 24.9 Å². The van der Waals surface area contributed by atoms with E-state index in [1.807, 2.05) is 0 Å². The van der Waals surface area contributed by atoms with Gasteiger partial charge in [-0.25, -0.2) is 0 Å². The van der Waals surface area contributed by atoms with E-state index >= 15 is 0 Å². The Morgan fingerprint density at radius 1 is 0.889 bits per heavy atom. The molecule has 3 rings (SSSR count). The summed E-state index contributed by atoms with van der Waals surface area (Å²) >= 11 is 0. The van der Waals surface area contributed by atoms with Gasteiger partial charge in [0.05, 0.1) is 12.1 Å². The van der Waals surface area contributed by atoms with Crippen LogP contribution in [0, 0.1) is 0 Å². The molecule has 94 valence electrons. The monoisotopic (exact) mass is 244 g/mol. The molecule has 0 fully saturated rings. The van der Waals surface area contributed by atoms with Gasteiger partial charge in [-0.2, -0.15) is 0 Å². The van der Waals surface area contributed by atoms with Gasteiger partial charge in [0, 0.05) is 0 Å². The van der Waals surface area contributed by atoms with E-state index in [0.717, 1.165) is 12.8 Å². The minimum absolute atomic E-state index is 0.259. The molecule has 2 aliphatic heterocycles. The summed E-state index contributed by atoms with van der Waals surface area (Å²) < 4.78 is 10.3. The maximum absolute atomic E-state index is 5.17. The van der Waals surface area contributed by atoms with E-state index in [1.54, 1.807) is 12.8 Å². The van der Waals surface area contributed by atoms with Crippen LogP contribution in [-0.4, -0.2) is 38.1 Å². The number of rotatable bonds is 4. The van der Waals surface area contributed by atoms with Crippen molar-refractivity contribution < 1.29 is 9.47 Å². The Morgan fingerprint density at radius 2 is 1.39 bits per heavy atom. The molecule has 0 N–H and O–H groups in total. The highest BCUT2D eigenvalue weighted by Crippen LogP contribution is 2.18. The molecule has 0 amide bonds. The van der Waals surface area contributed by atoms with Crippen LogP contribution < -0.4 is 0 Å². The van der Waals surface area contributed by atoms with Crippen LogP contribution in [-0.2, 0) is 22.3 Å². The molecule has 4 heteroatoms. The van der Waals surface area contributed by atoms with Gasteiger partial charge in [-0.3, -0.25) is 9.98 Å². The highest BCUT2D eigenvalue weighted by atomic mass is 16.5. The van der Waals surface area contributed by atoms with Crippen LogP contribution in [0.3, 0.4) is 0 Å². The molecule has 2 unspecified atom stereocenters. The molecule has 2 atom stereocenters. The topological polar surface area (TPSA) is 43.2 Å². The normalized spacial score (nSPS) is 25.1. The quantitative estimate of drug-likeness (QED) is 0.808. The van der Waals surface area contributed by atoms with Gasteiger partial charge >= 0.3 is 0 Å². The van der Waals surface area contributed by atoms with E-state index in [4.69, 9.17) is 9.47 Å². The first kappa shape index (κ1) is 11.3. The number of hydrogen-bond donors (Lipinski definition) is 0. The Hall–Kier alpha value is -1.84. The lowest BCUT2D eigenvalue weighted by atomic mass is 9.96. The Bertz CT molecular complexity index is 428. The van der Waals surface area contributed by atoms with Gasteiger partial charge in [-0.15, -0.1) is 0 Å². The third-order valence-electron chi connectivity index (χ3n) is 3.30. The van der Waals surface area contributed by atoms with Gasteiger partial charge in [-0.1, -0.05) is 24.3 Å². The Labute approximate surface area is 106 Å². The van der Waals surface area contributed by atoms with E-state index in [9.17, 15) is 0 Å². The number of nitrogens with zero attached hydrogens (tertiary/aromatic N) is 2. The predicted molar refractivity (Wildman–Crippen MR) is 70.3 cm³/mol. The lowest BCUT2D eigenvalue weighted by Gasteiger charge is -2.13. The first-order valence-electron chi connectivity index (χ1n) is 6.25. The van der Waals surface area contributed by atoms with Crippen LogP contribution in [0.25, 0.3) is 0 Å². The molecule has 18 heavy (non-hydrogen) atoms. The van der Waals surface area contributed by atoms with Crippen molar-refractivity contribution in [2.24, 2.45) is 9.98 Å². The van der Waals surface area contributed by atoms with Gasteiger partial charge in [0.2, 0.25) is 0 Å². The summed E-state index contributed by atoms with van der Waals surface area (Å²) in [7, 11) is 0.